The SMILES string of the molecule is CN(C1CCCCC1)S(=O)(=O)c1cccc(C(=O)NC2CCNCC2)c1.Cl. The van der Waals surface area contributed by atoms with Gasteiger partial charge in [-0.1, -0.05) is 25.3 Å². The predicted molar refractivity (Wildman–Crippen MR) is 109 cm³/mol. The van der Waals surface area contributed by atoms with E-state index in [-0.39, 0.29) is 35.3 Å². The van der Waals surface area contributed by atoms with Crippen LogP contribution in [0.2, 0.25) is 0 Å². The Morgan fingerprint density at radius 1 is 1.11 bits per heavy atom. The molecule has 27 heavy (non-hydrogen) atoms. The molecule has 1 aromatic rings. The number of sulfonamides is 1. The number of amides is 1. The quantitative estimate of drug-likeness (QED) is 0.774. The van der Waals surface area contributed by atoms with Crippen LogP contribution >= 0.6 is 12.4 Å². The fraction of sp³-hybridized carbons (Fsp3) is 0.632. The van der Waals surface area contributed by atoms with Gasteiger partial charge in [0.1, 0.15) is 0 Å². The Balaban J connectivity index is 0.00000261. The summed E-state index contributed by atoms with van der Waals surface area (Å²) in [7, 11) is -1.92. The molecule has 0 radical (unpaired) electrons. The number of hydrogen-bond acceptors (Lipinski definition) is 4. The summed E-state index contributed by atoms with van der Waals surface area (Å²) in [5.74, 6) is -0.200. The molecule has 2 N–H and O–H groups in total. The van der Waals surface area contributed by atoms with E-state index >= 15 is 0 Å². The number of carbonyl (C=O) groups excluding carboxylic acids is 1. The lowest BCUT2D eigenvalue weighted by Crippen LogP contribution is -2.42. The van der Waals surface area contributed by atoms with Crippen LogP contribution in [0.25, 0.3) is 0 Å². The van der Waals surface area contributed by atoms with Crippen molar-refractivity contribution < 1.29 is 13.2 Å². The first-order valence-corrected chi connectivity index (χ1v) is 11.0. The first-order chi connectivity index (χ1) is 12.5. The molecule has 0 aromatic heterocycles. The second-order valence-electron chi connectivity index (χ2n) is 7.34. The summed E-state index contributed by atoms with van der Waals surface area (Å²) >= 11 is 0. The van der Waals surface area contributed by atoms with Crippen LogP contribution in [0.15, 0.2) is 29.2 Å². The minimum Gasteiger partial charge on any atom is -0.349 e. The van der Waals surface area contributed by atoms with Crippen molar-refractivity contribution in [2.45, 2.75) is 61.9 Å². The van der Waals surface area contributed by atoms with Gasteiger partial charge in [0.25, 0.3) is 5.91 Å². The lowest BCUT2D eigenvalue weighted by atomic mass is 9.96. The zero-order chi connectivity index (χ0) is 18.6. The molecule has 6 nitrogen and oxygen atoms in total. The highest BCUT2D eigenvalue weighted by Crippen LogP contribution is 2.26. The van der Waals surface area contributed by atoms with Crippen molar-refractivity contribution >= 4 is 28.3 Å². The number of nitrogens with one attached hydrogen (secondary N) is 2. The highest BCUT2D eigenvalue weighted by atomic mass is 35.5. The smallest absolute Gasteiger partial charge is 0.251 e. The Bertz CT molecular complexity index is 729. The second kappa shape index (κ2) is 9.87. The molecule has 0 spiro atoms. The number of hydrogen-bond donors (Lipinski definition) is 2. The summed E-state index contributed by atoms with van der Waals surface area (Å²) in [6.45, 7) is 1.79. The molecule has 2 aliphatic rings. The van der Waals surface area contributed by atoms with Gasteiger partial charge in [-0.3, -0.25) is 4.79 Å². The maximum Gasteiger partial charge on any atom is 0.251 e. The van der Waals surface area contributed by atoms with E-state index in [1.54, 1.807) is 25.2 Å². The summed E-state index contributed by atoms with van der Waals surface area (Å²) in [6.07, 6.45) is 6.93. The van der Waals surface area contributed by atoms with Crippen LogP contribution in [0.4, 0.5) is 0 Å². The molecule has 1 aliphatic carbocycles. The van der Waals surface area contributed by atoms with E-state index in [2.05, 4.69) is 10.6 Å². The zero-order valence-electron chi connectivity index (χ0n) is 15.8. The lowest BCUT2D eigenvalue weighted by molar-refractivity contribution is 0.0929. The van der Waals surface area contributed by atoms with Crippen molar-refractivity contribution in [2.24, 2.45) is 0 Å². The molecule has 1 saturated carbocycles. The highest BCUT2D eigenvalue weighted by molar-refractivity contribution is 7.89. The third-order valence-corrected chi connectivity index (χ3v) is 7.44. The minimum absolute atomic E-state index is 0. The van der Waals surface area contributed by atoms with Gasteiger partial charge < -0.3 is 10.6 Å². The van der Waals surface area contributed by atoms with E-state index in [0.717, 1.165) is 51.6 Å². The Morgan fingerprint density at radius 3 is 2.44 bits per heavy atom. The van der Waals surface area contributed by atoms with Gasteiger partial charge in [0.05, 0.1) is 4.90 Å². The molecule has 0 bridgehead atoms. The molecule has 0 unspecified atom stereocenters. The Hall–Kier alpha value is -1.15. The molecular formula is C19H30ClN3O3S. The molecule has 8 heteroatoms. The third kappa shape index (κ3) is 5.44. The van der Waals surface area contributed by atoms with E-state index in [9.17, 15) is 13.2 Å². The monoisotopic (exact) mass is 415 g/mol. The van der Waals surface area contributed by atoms with Gasteiger partial charge in [0, 0.05) is 24.7 Å². The van der Waals surface area contributed by atoms with Crippen LogP contribution < -0.4 is 10.6 Å². The first kappa shape index (κ1) is 22.1. The van der Waals surface area contributed by atoms with Crippen LogP contribution in [0.1, 0.15) is 55.3 Å². The average molecular weight is 416 g/mol. The standard InChI is InChI=1S/C19H29N3O3S.ClH/c1-22(17-7-3-2-4-8-17)26(24,25)18-9-5-6-15(14-18)19(23)21-16-10-12-20-13-11-16;/h5-6,9,14,16-17,20H,2-4,7-8,10-13H2,1H3,(H,21,23);1H. The Labute approximate surface area is 168 Å². The van der Waals surface area contributed by atoms with Crippen LogP contribution in [-0.2, 0) is 10.0 Å². The van der Waals surface area contributed by atoms with Crippen molar-refractivity contribution in [1.29, 1.82) is 0 Å². The molecule has 1 heterocycles. The van der Waals surface area contributed by atoms with E-state index in [1.807, 2.05) is 0 Å². The Kier molecular flexibility index (Phi) is 8.09. The predicted octanol–water partition coefficient (Wildman–Crippen LogP) is 2.54. The molecule has 1 aliphatic heterocycles. The van der Waals surface area contributed by atoms with Crippen LogP contribution in [0.3, 0.4) is 0 Å². The Morgan fingerprint density at radius 2 is 1.78 bits per heavy atom. The summed E-state index contributed by atoms with van der Waals surface area (Å²) in [4.78, 5) is 12.7. The third-order valence-electron chi connectivity index (χ3n) is 5.54. The summed E-state index contributed by atoms with van der Waals surface area (Å²) in [6, 6.07) is 6.62. The van der Waals surface area contributed by atoms with Crippen molar-refractivity contribution in [2.75, 3.05) is 20.1 Å². The number of rotatable bonds is 5. The highest BCUT2D eigenvalue weighted by Gasteiger charge is 2.29. The summed E-state index contributed by atoms with van der Waals surface area (Å²) < 4.78 is 27.5. The molecule has 152 valence electrons. The lowest BCUT2D eigenvalue weighted by Gasteiger charge is -2.30. The van der Waals surface area contributed by atoms with E-state index in [4.69, 9.17) is 0 Å². The number of carbonyl (C=O) groups is 1. The fourth-order valence-electron chi connectivity index (χ4n) is 3.84. The van der Waals surface area contributed by atoms with Crippen LogP contribution in [-0.4, -0.2) is 50.9 Å². The number of halogens is 1. The average Bonchev–Trinajstić information content (AvgIpc) is 2.69. The number of piperidine rings is 1. The first-order valence-electron chi connectivity index (χ1n) is 9.58. The molecule has 2 fully saturated rings. The summed E-state index contributed by atoms with van der Waals surface area (Å²) in [5, 5.41) is 6.28. The number of nitrogens with zero attached hydrogens (tertiary/aromatic N) is 1. The topological polar surface area (TPSA) is 78.5 Å². The maximum atomic E-state index is 13.0. The van der Waals surface area contributed by atoms with Crippen molar-refractivity contribution in [3.05, 3.63) is 29.8 Å². The van der Waals surface area contributed by atoms with E-state index in [0.29, 0.717) is 5.56 Å². The van der Waals surface area contributed by atoms with Gasteiger partial charge in [0.15, 0.2) is 0 Å². The van der Waals surface area contributed by atoms with Gasteiger partial charge in [-0.2, -0.15) is 4.31 Å². The minimum atomic E-state index is -3.58. The maximum absolute atomic E-state index is 13.0. The zero-order valence-corrected chi connectivity index (χ0v) is 17.4. The normalized spacial score (nSPS) is 19.5. The van der Waals surface area contributed by atoms with Gasteiger partial charge >= 0.3 is 0 Å². The van der Waals surface area contributed by atoms with Crippen LogP contribution in [0, 0.1) is 0 Å². The summed E-state index contributed by atoms with van der Waals surface area (Å²) in [5.41, 5.74) is 0.404. The molecule has 3 rings (SSSR count). The molecule has 0 atom stereocenters. The second-order valence-corrected chi connectivity index (χ2v) is 9.34. The fourth-order valence-corrected chi connectivity index (χ4v) is 5.30. The van der Waals surface area contributed by atoms with Crippen molar-refractivity contribution in [3.63, 3.8) is 0 Å². The largest absolute Gasteiger partial charge is 0.349 e. The van der Waals surface area contributed by atoms with Gasteiger partial charge in [-0.25, -0.2) is 8.42 Å². The van der Waals surface area contributed by atoms with Gasteiger partial charge in [0.2, 0.25) is 10.0 Å². The molecule has 1 aromatic carbocycles. The van der Waals surface area contributed by atoms with E-state index in [1.165, 1.54) is 16.8 Å². The van der Waals surface area contributed by atoms with Crippen LogP contribution in [0.5, 0.6) is 0 Å². The van der Waals surface area contributed by atoms with E-state index < -0.39 is 10.0 Å². The molecule has 1 amide bonds. The van der Waals surface area contributed by atoms with Gasteiger partial charge in [-0.05, 0) is 57.0 Å². The van der Waals surface area contributed by atoms with Crippen molar-refractivity contribution in [3.8, 4) is 0 Å². The molecular weight excluding hydrogens is 386 g/mol. The number of benzene rings is 1. The van der Waals surface area contributed by atoms with Crippen molar-refractivity contribution in [1.82, 2.24) is 14.9 Å². The molecule has 1 saturated heterocycles. The van der Waals surface area contributed by atoms with Gasteiger partial charge in [-0.15, -0.1) is 12.4 Å².